The number of carbonyl (C=O) groups excluding carboxylic acids is 2. The number of para-hydroxylation sites is 1. The van der Waals surface area contributed by atoms with Crippen LogP contribution in [0.3, 0.4) is 0 Å². The fourth-order valence-electron chi connectivity index (χ4n) is 2.21. The summed E-state index contributed by atoms with van der Waals surface area (Å²) in [6.07, 6.45) is 2.94. The van der Waals surface area contributed by atoms with E-state index in [0.717, 1.165) is 15.2 Å². The number of benzene rings is 2. The minimum atomic E-state index is -0.441. The van der Waals surface area contributed by atoms with Gasteiger partial charge in [0.25, 0.3) is 11.8 Å². The molecule has 0 aliphatic rings. The highest BCUT2D eigenvalue weighted by Gasteiger charge is 2.06. The van der Waals surface area contributed by atoms with Crippen molar-refractivity contribution in [2.45, 2.75) is 6.92 Å². The Balaban J connectivity index is 1.53. The normalized spacial score (nSPS) is 10.8. The molecule has 0 radical (unpaired) electrons. The van der Waals surface area contributed by atoms with Crippen LogP contribution in [0, 0.1) is 0 Å². The summed E-state index contributed by atoms with van der Waals surface area (Å²) in [4.78, 5) is 28.3. The van der Waals surface area contributed by atoms with E-state index in [4.69, 9.17) is 4.74 Å². The summed E-state index contributed by atoms with van der Waals surface area (Å²) in [6.45, 7) is 2.45. The van der Waals surface area contributed by atoms with Gasteiger partial charge in [0, 0.05) is 11.6 Å². The summed E-state index contributed by atoms with van der Waals surface area (Å²) >= 11 is 1.49. The molecule has 0 aliphatic heterocycles. The Labute approximate surface area is 154 Å². The number of aromatic nitrogens is 1. The Morgan fingerprint density at radius 3 is 2.62 bits per heavy atom. The van der Waals surface area contributed by atoms with E-state index in [0.29, 0.717) is 17.9 Å². The largest absolute Gasteiger partial charge is 0.494 e. The number of carbonyl (C=O) groups is 2. The molecule has 2 aromatic carbocycles. The van der Waals surface area contributed by atoms with E-state index in [9.17, 15) is 9.59 Å². The average Bonchev–Trinajstić information content (AvgIpc) is 3.08. The third-order valence-electron chi connectivity index (χ3n) is 3.41. The van der Waals surface area contributed by atoms with Gasteiger partial charge in [0.05, 0.1) is 16.8 Å². The maximum absolute atomic E-state index is 12.0. The molecule has 26 heavy (non-hydrogen) atoms. The van der Waals surface area contributed by atoms with Crippen molar-refractivity contribution >= 4 is 39.4 Å². The van der Waals surface area contributed by atoms with Gasteiger partial charge in [-0.1, -0.05) is 12.1 Å². The predicted molar refractivity (Wildman–Crippen MR) is 102 cm³/mol. The average molecular weight is 367 g/mol. The number of hydrogen-bond donors (Lipinski definition) is 2. The van der Waals surface area contributed by atoms with Gasteiger partial charge < -0.3 is 4.74 Å². The summed E-state index contributed by atoms with van der Waals surface area (Å²) in [7, 11) is 0. The van der Waals surface area contributed by atoms with Crippen LogP contribution in [0.1, 0.15) is 22.3 Å². The van der Waals surface area contributed by atoms with Gasteiger partial charge in [-0.2, -0.15) is 0 Å². The zero-order chi connectivity index (χ0) is 18.4. The van der Waals surface area contributed by atoms with E-state index in [-0.39, 0.29) is 0 Å². The molecule has 3 rings (SSSR count). The van der Waals surface area contributed by atoms with Crippen molar-refractivity contribution in [3.63, 3.8) is 0 Å². The van der Waals surface area contributed by atoms with Gasteiger partial charge in [0.1, 0.15) is 10.8 Å². The van der Waals surface area contributed by atoms with Crippen molar-refractivity contribution in [3.05, 3.63) is 65.2 Å². The summed E-state index contributed by atoms with van der Waals surface area (Å²) in [5.74, 6) is -0.162. The third kappa shape index (κ3) is 4.46. The number of thiazole rings is 1. The zero-order valence-electron chi connectivity index (χ0n) is 14.1. The van der Waals surface area contributed by atoms with Gasteiger partial charge in [0.15, 0.2) is 0 Å². The van der Waals surface area contributed by atoms with Crippen molar-refractivity contribution in [1.82, 2.24) is 15.8 Å². The minimum Gasteiger partial charge on any atom is -0.494 e. The van der Waals surface area contributed by atoms with E-state index in [1.54, 1.807) is 30.3 Å². The number of hydrazine groups is 1. The van der Waals surface area contributed by atoms with Crippen molar-refractivity contribution < 1.29 is 14.3 Å². The fraction of sp³-hybridized carbons (Fsp3) is 0.105. The lowest BCUT2D eigenvalue weighted by atomic mass is 10.2. The first kappa shape index (κ1) is 17.6. The maximum Gasteiger partial charge on any atom is 0.269 e. The number of fused-ring (bicyclic) bond motifs is 1. The Kier molecular flexibility index (Phi) is 5.60. The first-order valence-electron chi connectivity index (χ1n) is 8.02. The number of hydrogen-bond acceptors (Lipinski definition) is 5. The van der Waals surface area contributed by atoms with Gasteiger partial charge in [-0.15, -0.1) is 11.3 Å². The number of rotatable bonds is 5. The van der Waals surface area contributed by atoms with E-state index in [1.165, 1.54) is 17.4 Å². The Bertz CT molecular complexity index is 915. The summed E-state index contributed by atoms with van der Waals surface area (Å²) in [6, 6.07) is 14.4. The number of amides is 2. The third-order valence-corrected chi connectivity index (χ3v) is 4.42. The van der Waals surface area contributed by atoms with E-state index >= 15 is 0 Å². The molecule has 0 unspecified atom stereocenters. The summed E-state index contributed by atoms with van der Waals surface area (Å²) in [5, 5.41) is 0.721. The molecule has 0 aliphatic carbocycles. The van der Waals surface area contributed by atoms with E-state index in [2.05, 4.69) is 15.8 Å². The minimum absolute atomic E-state index is 0.408. The van der Waals surface area contributed by atoms with Crippen molar-refractivity contribution in [2.24, 2.45) is 0 Å². The Morgan fingerprint density at radius 2 is 1.88 bits per heavy atom. The maximum atomic E-state index is 12.0. The van der Waals surface area contributed by atoms with Gasteiger partial charge >= 0.3 is 0 Å². The lowest BCUT2D eigenvalue weighted by Crippen LogP contribution is -2.40. The highest BCUT2D eigenvalue weighted by Crippen LogP contribution is 2.22. The molecular formula is C19H17N3O3S. The predicted octanol–water partition coefficient (Wildman–Crippen LogP) is 3.17. The molecule has 0 atom stereocenters. The molecule has 3 aromatic rings. The topological polar surface area (TPSA) is 80.3 Å². The van der Waals surface area contributed by atoms with Crippen LogP contribution in [0.25, 0.3) is 16.3 Å². The van der Waals surface area contributed by atoms with Crippen LogP contribution in [0.15, 0.2) is 54.6 Å². The van der Waals surface area contributed by atoms with Gasteiger partial charge in [-0.25, -0.2) is 4.98 Å². The highest BCUT2D eigenvalue weighted by atomic mass is 32.1. The van der Waals surface area contributed by atoms with Crippen molar-refractivity contribution in [2.75, 3.05) is 6.61 Å². The van der Waals surface area contributed by atoms with Crippen LogP contribution in [0.2, 0.25) is 0 Å². The standard InChI is InChI=1S/C19H17N3O3S/c1-2-25-14-9-7-13(8-10-14)19(24)22-21-17(23)11-12-18-20-15-5-3-4-6-16(15)26-18/h3-12H,2H2,1H3,(H,21,23)(H,22,24)/b12-11+. The van der Waals surface area contributed by atoms with Gasteiger partial charge in [-0.3, -0.25) is 20.4 Å². The zero-order valence-corrected chi connectivity index (χ0v) is 14.9. The monoisotopic (exact) mass is 367 g/mol. The quantitative estimate of drug-likeness (QED) is 0.536. The molecule has 0 saturated heterocycles. The Morgan fingerprint density at radius 1 is 1.12 bits per heavy atom. The highest BCUT2D eigenvalue weighted by molar-refractivity contribution is 7.19. The second kappa shape index (κ2) is 8.26. The lowest BCUT2D eigenvalue weighted by Gasteiger charge is -2.06. The lowest BCUT2D eigenvalue weighted by molar-refractivity contribution is -0.117. The fourth-order valence-corrected chi connectivity index (χ4v) is 3.08. The first-order chi connectivity index (χ1) is 12.7. The molecular weight excluding hydrogens is 350 g/mol. The molecule has 1 aromatic heterocycles. The van der Waals surface area contributed by atoms with Crippen LogP contribution in [-0.2, 0) is 4.79 Å². The molecule has 2 amide bonds. The second-order valence-electron chi connectivity index (χ2n) is 5.25. The molecule has 7 heteroatoms. The van der Waals surface area contributed by atoms with Crippen molar-refractivity contribution in [3.8, 4) is 5.75 Å². The molecule has 0 saturated carbocycles. The molecule has 0 bridgehead atoms. The number of nitrogens with one attached hydrogen (secondary N) is 2. The second-order valence-corrected chi connectivity index (χ2v) is 6.32. The van der Waals surface area contributed by atoms with Gasteiger partial charge in [-0.05, 0) is 49.4 Å². The van der Waals surface area contributed by atoms with Crippen molar-refractivity contribution in [1.29, 1.82) is 0 Å². The Hall–Kier alpha value is -3.19. The SMILES string of the molecule is CCOc1ccc(C(=O)NNC(=O)/C=C/c2nc3ccccc3s2)cc1. The summed E-state index contributed by atoms with van der Waals surface area (Å²) < 4.78 is 6.37. The van der Waals surface area contributed by atoms with Crippen LogP contribution in [0.5, 0.6) is 5.75 Å². The molecule has 1 heterocycles. The van der Waals surface area contributed by atoms with E-state index in [1.807, 2.05) is 31.2 Å². The number of ether oxygens (including phenoxy) is 1. The van der Waals surface area contributed by atoms with Crippen LogP contribution in [0.4, 0.5) is 0 Å². The molecule has 2 N–H and O–H groups in total. The summed E-state index contributed by atoms with van der Waals surface area (Å²) in [5.41, 5.74) is 6.02. The molecule has 0 fully saturated rings. The first-order valence-corrected chi connectivity index (χ1v) is 8.84. The molecule has 132 valence electrons. The molecule has 6 nitrogen and oxygen atoms in total. The van der Waals surface area contributed by atoms with Crippen LogP contribution in [-0.4, -0.2) is 23.4 Å². The number of nitrogens with zero attached hydrogens (tertiary/aromatic N) is 1. The smallest absolute Gasteiger partial charge is 0.269 e. The molecule has 0 spiro atoms. The van der Waals surface area contributed by atoms with Gasteiger partial charge in [0.2, 0.25) is 0 Å². The van der Waals surface area contributed by atoms with Crippen LogP contribution < -0.4 is 15.6 Å². The van der Waals surface area contributed by atoms with Crippen LogP contribution >= 0.6 is 11.3 Å². The van der Waals surface area contributed by atoms with E-state index < -0.39 is 11.8 Å².